The van der Waals surface area contributed by atoms with E-state index in [0.717, 1.165) is 31.2 Å². The quantitative estimate of drug-likeness (QED) is 0.304. The third kappa shape index (κ3) is 4.65. The fourth-order valence-electron chi connectivity index (χ4n) is 4.16. The predicted molar refractivity (Wildman–Crippen MR) is 135 cm³/mol. The van der Waals surface area contributed by atoms with E-state index in [2.05, 4.69) is 9.71 Å². The van der Waals surface area contributed by atoms with Crippen LogP contribution in [0.4, 0.5) is 10.1 Å². The molecule has 0 unspecified atom stereocenters. The molecular weight excluding hydrogens is 527 g/mol. The summed E-state index contributed by atoms with van der Waals surface area (Å²) in [5.41, 5.74) is 4.04. The fourth-order valence-corrected chi connectivity index (χ4v) is 5.68. The molecular formula is C24H20ClFN4O6S. The minimum atomic E-state index is -4.53. The molecule has 0 radical (unpaired) electrons. The van der Waals surface area contributed by atoms with Gasteiger partial charge in [0, 0.05) is 18.0 Å². The van der Waals surface area contributed by atoms with Crippen molar-refractivity contribution in [3.05, 3.63) is 69.4 Å². The maximum atomic E-state index is 14.1. The molecule has 4 N–H and O–H groups in total. The number of carbonyl (C=O) groups excluding carboxylic acids is 1. The lowest BCUT2D eigenvalue weighted by molar-refractivity contribution is -0.113. The van der Waals surface area contributed by atoms with Gasteiger partial charge in [0.05, 0.1) is 22.5 Å². The molecule has 2 aromatic carbocycles. The van der Waals surface area contributed by atoms with Gasteiger partial charge in [-0.2, -0.15) is 8.42 Å². The van der Waals surface area contributed by atoms with Gasteiger partial charge in [-0.1, -0.05) is 24.4 Å². The molecule has 1 aromatic heterocycles. The van der Waals surface area contributed by atoms with Crippen molar-refractivity contribution >= 4 is 50.0 Å². The molecule has 1 fully saturated rings. The van der Waals surface area contributed by atoms with Crippen LogP contribution in [0, 0.1) is 11.7 Å². The molecule has 192 valence electrons. The van der Waals surface area contributed by atoms with Crippen LogP contribution in [0.25, 0.3) is 10.9 Å². The Morgan fingerprint density at radius 2 is 2.08 bits per heavy atom. The molecule has 2 aliphatic rings. The molecule has 13 heteroatoms. The summed E-state index contributed by atoms with van der Waals surface area (Å²) in [5, 5.41) is 13.7. The van der Waals surface area contributed by atoms with Gasteiger partial charge < -0.3 is 25.5 Å². The van der Waals surface area contributed by atoms with Gasteiger partial charge >= 0.3 is 0 Å². The molecule has 0 saturated heterocycles. The Morgan fingerprint density at radius 1 is 1.32 bits per heavy atom. The first-order valence-electron chi connectivity index (χ1n) is 11.2. The highest BCUT2D eigenvalue weighted by atomic mass is 35.5. The van der Waals surface area contributed by atoms with Gasteiger partial charge in [0.1, 0.15) is 22.9 Å². The molecule has 37 heavy (non-hydrogen) atoms. The van der Waals surface area contributed by atoms with Crippen molar-refractivity contribution in [2.24, 2.45) is 16.0 Å². The number of pyridine rings is 1. The third-order valence-electron chi connectivity index (χ3n) is 6.11. The van der Waals surface area contributed by atoms with Crippen LogP contribution >= 0.6 is 11.6 Å². The first-order valence-corrected chi connectivity index (χ1v) is 13.0. The number of hydrogen-bond donors (Lipinski definition) is 3. The van der Waals surface area contributed by atoms with Crippen molar-refractivity contribution in [1.29, 1.82) is 0 Å². The van der Waals surface area contributed by atoms with Crippen molar-refractivity contribution < 1.29 is 27.4 Å². The average Bonchev–Trinajstić information content (AvgIpc) is 3.65. The van der Waals surface area contributed by atoms with Gasteiger partial charge in [0.25, 0.3) is 15.6 Å². The van der Waals surface area contributed by atoms with Gasteiger partial charge in [-0.15, -0.1) is 4.40 Å². The number of aryl methyl sites for hydroxylation is 1. The van der Waals surface area contributed by atoms with E-state index < -0.39 is 49.4 Å². The number of nitrogens with two attached hydrogens (primary N) is 1. The number of nitrogens with zero attached hydrogens (tertiary/aromatic N) is 2. The predicted octanol–water partition coefficient (Wildman–Crippen LogP) is 3.24. The van der Waals surface area contributed by atoms with E-state index in [9.17, 15) is 27.5 Å². The van der Waals surface area contributed by atoms with Gasteiger partial charge in [-0.05, 0) is 42.7 Å². The fraction of sp³-hybridized carbons (Fsp3) is 0.208. The van der Waals surface area contributed by atoms with Crippen molar-refractivity contribution in [3.63, 3.8) is 0 Å². The normalized spacial score (nSPS) is 16.3. The summed E-state index contributed by atoms with van der Waals surface area (Å²) in [6, 6.07) is 6.23. The number of aromatic hydroxyl groups is 1. The summed E-state index contributed by atoms with van der Waals surface area (Å²) in [7, 11) is -4.53. The molecule has 0 spiro atoms. The van der Waals surface area contributed by atoms with E-state index in [1.807, 2.05) is 0 Å². The number of primary amides is 1. The summed E-state index contributed by atoms with van der Waals surface area (Å²) < 4.78 is 51.0. The van der Waals surface area contributed by atoms with Crippen LogP contribution in [0.2, 0.25) is 5.02 Å². The van der Waals surface area contributed by atoms with Crippen LogP contribution in [0.15, 0.2) is 56.8 Å². The lowest BCUT2D eigenvalue weighted by Gasteiger charge is -2.22. The number of amidine groups is 1. The highest BCUT2D eigenvalue weighted by Gasteiger charge is 2.34. The molecule has 1 amide bonds. The monoisotopic (exact) mass is 546 g/mol. The van der Waals surface area contributed by atoms with E-state index in [0.29, 0.717) is 24.4 Å². The number of rotatable bonds is 7. The van der Waals surface area contributed by atoms with E-state index in [1.165, 1.54) is 28.8 Å². The second-order valence-electron chi connectivity index (χ2n) is 8.69. The van der Waals surface area contributed by atoms with Crippen LogP contribution in [0.1, 0.15) is 24.8 Å². The Morgan fingerprint density at radius 3 is 2.78 bits per heavy atom. The third-order valence-corrected chi connectivity index (χ3v) is 7.76. The van der Waals surface area contributed by atoms with Crippen molar-refractivity contribution in [2.45, 2.75) is 30.7 Å². The summed E-state index contributed by atoms with van der Waals surface area (Å²) in [6.45, 7) is 0.292. The van der Waals surface area contributed by atoms with Crippen LogP contribution < -0.4 is 21.3 Å². The van der Waals surface area contributed by atoms with Crippen molar-refractivity contribution in [1.82, 2.24) is 4.57 Å². The maximum absolute atomic E-state index is 14.1. The van der Waals surface area contributed by atoms with Crippen molar-refractivity contribution in [2.75, 3.05) is 5.32 Å². The molecule has 2 heterocycles. The Labute approximate surface area is 214 Å². The number of amides is 1. The second kappa shape index (κ2) is 9.20. The largest absolute Gasteiger partial charge is 0.506 e. The topological polar surface area (TPSA) is 153 Å². The van der Waals surface area contributed by atoms with Gasteiger partial charge in [0.2, 0.25) is 5.91 Å². The minimum absolute atomic E-state index is 0.0258. The molecule has 1 aliphatic carbocycles. The van der Waals surface area contributed by atoms with E-state index in [4.69, 9.17) is 22.1 Å². The van der Waals surface area contributed by atoms with Crippen LogP contribution in [0.3, 0.4) is 0 Å². The molecule has 1 saturated carbocycles. The smallest absolute Gasteiger partial charge is 0.290 e. The number of fused-ring (bicyclic) bond motifs is 2. The first-order chi connectivity index (χ1) is 17.6. The van der Waals surface area contributed by atoms with E-state index in [-0.39, 0.29) is 21.8 Å². The number of anilines is 1. The number of halogens is 2. The summed E-state index contributed by atoms with van der Waals surface area (Å²) in [4.78, 5) is 24.1. The SMILES string of the molecule is NC(=O)C=COc1ccc(Cl)c2c1S(=O)(=O)N=C(c1c(O)c3cc(F)ccc3n(CCC3CC3)c1=O)N2. The zero-order valence-electron chi connectivity index (χ0n) is 19.1. The highest BCUT2D eigenvalue weighted by molar-refractivity contribution is 7.90. The number of nitrogens with one attached hydrogen (secondary N) is 1. The lowest BCUT2D eigenvalue weighted by atomic mass is 10.1. The number of benzene rings is 2. The van der Waals surface area contributed by atoms with Gasteiger partial charge in [0.15, 0.2) is 10.7 Å². The molecule has 0 atom stereocenters. The van der Waals surface area contributed by atoms with Gasteiger partial charge in [-0.25, -0.2) is 4.39 Å². The Kier molecular flexibility index (Phi) is 6.16. The van der Waals surface area contributed by atoms with E-state index in [1.54, 1.807) is 0 Å². The molecule has 10 nitrogen and oxygen atoms in total. The number of aromatic nitrogens is 1. The Balaban J connectivity index is 1.68. The Hall–Kier alpha value is -3.90. The molecule has 0 bridgehead atoms. The van der Waals surface area contributed by atoms with E-state index >= 15 is 0 Å². The number of hydrogen-bond acceptors (Lipinski definition) is 7. The van der Waals surface area contributed by atoms with Crippen LogP contribution in [-0.2, 0) is 21.4 Å². The summed E-state index contributed by atoms with van der Waals surface area (Å²) >= 11 is 6.27. The highest BCUT2D eigenvalue weighted by Crippen LogP contribution is 2.42. The summed E-state index contributed by atoms with van der Waals surface area (Å²) in [6.07, 6.45) is 4.58. The first kappa shape index (κ1) is 24.8. The summed E-state index contributed by atoms with van der Waals surface area (Å²) in [5.74, 6) is -2.30. The number of ether oxygens (including phenoxy) is 1. The second-order valence-corrected chi connectivity index (χ2v) is 10.6. The maximum Gasteiger partial charge on any atom is 0.290 e. The molecule has 1 aliphatic heterocycles. The van der Waals surface area contributed by atoms with Crippen LogP contribution in [-0.4, -0.2) is 29.8 Å². The molecule has 3 aromatic rings. The molecule has 5 rings (SSSR count). The van der Waals surface area contributed by atoms with Crippen molar-refractivity contribution in [3.8, 4) is 11.5 Å². The Bertz CT molecular complexity index is 1700. The van der Waals surface area contributed by atoms with Gasteiger partial charge in [-0.3, -0.25) is 9.59 Å². The number of sulfonamides is 1. The lowest BCUT2D eigenvalue weighted by Crippen LogP contribution is -2.33. The minimum Gasteiger partial charge on any atom is -0.506 e. The zero-order valence-corrected chi connectivity index (χ0v) is 20.6. The number of carbonyl (C=O) groups is 1. The standard InChI is InChI=1S/C24H20ClFN4O6S/c25-15-4-6-17(36-10-8-18(27)31)22-20(15)28-23(29-37(22,34)35)19-21(32)14-11-13(26)3-5-16(14)30(24(19)33)9-7-12-1-2-12/h3-6,8,10-12,32H,1-2,7,9H2,(H2,27,31)(H,28,29). The zero-order chi connectivity index (χ0) is 26.5. The average molecular weight is 547 g/mol. The van der Waals surface area contributed by atoms with Crippen LogP contribution in [0.5, 0.6) is 11.5 Å².